The summed E-state index contributed by atoms with van der Waals surface area (Å²) >= 11 is 8.55. The number of amides is 5. The number of methoxy groups -OCH3 is 2. The van der Waals surface area contributed by atoms with Crippen LogP contribution in [0, 0.1) is 0 Å². The molecule has 5 amide bonds. The molecule has 6 aliphatic rings. The summed E-state index contributed by atoms with van der Waals surface area (Å²) in [7, 11) is 2.66. The molecule has 5 aromatic carbocycles. The van der Waals surface area contributed by atoms with E-state index in [0.717, 1.165) is 84.3 Å². The number of esters is 2. The van der Waals surface area contributed by atoms with Crippen molar-refractivity contribution in [1.82, 2.24) is 39.8 Å². The van der Waals surface area contributed by atoms with Crippen LogP contribution in [-0.4, -0.2) is 176 Å². The highest BCUT2D eigenvalue weighted by Crippen LogP contribution is 2.40. The number of nitrogen functional groups attached to an aromatic ring is 2. The van der Waals surface area contributed by atoms with Gasteiger partial charge in [-0.05, 0) is 139 Å². The number of nitrogens with two attached hydrogens (primary N) is 2. The first-order valence-electron chi connectivity index (χ1n) is 36.9. The number of carboxylic acids is 1. The average molecular weight is 1590 g/mol. The highest BCUT2D eigenvalue weighted by molar-refractivity contribution is 7.13. The van der Waals surface area contributed by atoms with Crippen LogP contribution in [0.5, 0.6) is 0 Å². The predicted molar refractivity (Wildman–Crippen MR) is 420 cm³/mol. The number of thiazole rings is 2. The van der Waals surface area contributed by atoms with E-state index < -0.39 is 65.0 Å². The number of aromatic nitrogens is 2. The van der Waals surface area contributed by atoms with Gasteiger partial charge < -0.3 is 55.0 Å². The lowest BCUT2D eigenvalue weighted by molar-refractivity contribution is -0.151. The third-order valence-electron chi connectivity index (χ3n) is 20.2. The van der Waals surface area contributed by atoms with Crippen molar-refractivity contribution in [3.8, 4) is 0 Å². The minimum Gasteiger partial charge on any atom is -0.480 e. The van der Waals surface area contributed by atoms with Gasteiger partial charge in [0, 0.05) is 43.5 Å². The van der Waals surface area contributed by atoms with E-state index >= 15 is 0 Å². The van der Waals surface area contributed by atoms with Gasteiger partial charge in [0.25, 0.3) is 0 Å². The zero-order chi connectivity index (χ0) is 80.0. The maximum absolute atomic E-state index is 12.5. The Morgan fingerprint density at radius 1 is 0.468 bits per heavy atom. The van der Waals surface area contributed by atoms with Crippen molar-refractivity contribution in [2.24, 2.45) is 0 Å². The van der Waals surface area contributed by atoms with Crippen molar-refractivity contribution < 1.29 is 81.4 Å². The molecule has 0 spiro atoms. The number of ketones is 1. The van der Waals surface area contributed by atoms with Crippen LogP contribution < -0.4 is 16.8 Å². The number of benzene rings is 5. The molecular weight excluding hydrogens is 1480 g/mol. The molecule has 4 unspecified atom stereocenters. The fourth-order valence-corrected chi connectivity index (χ4v) is 15.4. The third-order valence-corrected chi connectivity index (χ3v) is 21.8. The lowest BCUT2D eigenvalue weighted by atomic mass is 9.94. The first kappa shape index (κ1) is 86.2. The standard InChI is InChI=1S/C16H19N3O2S.C15H18ClNO3.C15H19NO4.C14H17NO4.C13H15NO4.C8H13N3S/c1-16(13-11-22-14(17)18-13)8-5-9-19(16)15(20)21-10-12-6-3-2-4-7-12;1-15(13(18)10-16)8-5-9-17(15)14(19)20-11-12-6-3-2-4-7-12;1-15(13(17)19-2)9-6-10-16(15)14(18)20-11-12-7-4-3-5-8-12;1-18-13(16)12-8-5-9-15(12)14(17)19-10-11-6-3-2-4-7-11;15-12(16)11-7-4-8-14(11)13(17)18-9-10-5-2-1-3-6-10;1-8(3-2-4-10-8)6-5-12-7(9)11-6/h2-4,6-7,11H,5,8-10H2,1H3,(H2,17,18);2-4,6-7H,5,8-11H2,1H3;3-5,7-8H,6,9-11H2,1-2H3;2-4,6-7,12H,5,8-10H2,1H3;1-3,5-6,11H,4,7-9H2,(H,15,16);5,10H,2-4H2,1H3,(H2,9,11)/t;;;12-;11-;/m...00./s1. The number of nitrogens with one attached hydrogen (secondary N) is 1. The van der Waals surface area contributed by atoms with Crippen molar-refractivity contribution in [3.63, 3.8) is 0 Å². The number of hydrogen-bond acceptors (Lipinski definition) is 23. The number of likely N-dealkylation sites (tertiary alicyclic amines) is 5. The summed E-state index contributed by atoms with van der Waals surface area (Å²) in [4.78, 5) is 123. The van der Waals surface area contributed by atoms with E-state index in [2.05, 4.69) is 26.9 Å². The van der Waals surface area contributed by atoms with E-state index in [0.29, 0.717) is 75.1 Å². The van der Waals surface area contributed by atoms with E-state index in [9.17, 15) is 43.2 Å². The second kappa shape index (κ2) is 42.2. The highest BCUT2D eigenvalue weighted by atomic mass is 35.5. The van der Waals surface area contributed by atoms with E-state index in [1.165, 1.54) is 62.9 Å². The van der Waals surface area contributed by atoms with E-state index in [1.54, 1.807) is 18.7 Å². The molecule has 7 aromatic rings. The summed E-state index contributed by atoms with van der Waals surface area (Å²) in [5, 5.41) is 17.6. The Morgan fingerprint density at radius 2 is 0.838 bits per heavy atom. The summed E-state index contributed by atoms with van der Waals surface area (Å²) in [5.74, 6) is -1.96. The number of halogens is 1. The molecule has 6 aliphatic heterocycles. The number of aliphatic carboxylic acids is 1. The molecule has 0 bridgehead atoms. The minimum absolute atomic E-state index is 0.0775. The van der Waals surface area contributed by atoms with E-state index in [-0.39, 0.29) is 62.3 Å². The number of nitrogens with zero attached hydrogens (tertiary/aromatic N) is 7. The molecule has 0 radical (unpaired) electrons. The monoisotopic (exact) mass is 1580 g/mol. The van der Waals surface area contributed by atoms with Gasteiger partial charge in [-0.15, -0.1) is 34.3 Å². The van der Waals surface area contributed by atoms with Crippen LogP contribution in [0.4, 0.5) is 34.2 Å². The lowest BCUT2D eigenvalue weighted by Crippen LogP contribution is -2.51. The molecule has 27 nitrogen and oxygen atoms in total. The van der Waals surface area contributed by atoms with E-state index in [1.807, 2.05) is 169 Å². The van der Waals surface area contributed by atoms with Crippen molar-refractivity contribution in [2.75, 3.05) is 70.8 Å². The van der Waals surface area contributed by atoms with Gasteiger partial charge in [-0.2, -0.15) is 0 Å². The van der Waals surface area contributed by atoms with Crippen LogP contribution in [0.2, 0.25) is 0 Å². The van der Waals surface area contributed by atoms with Crippen molar-refractivity contribution in [1.29, 1.82) is 0 Å². The van der Waals surface area contributed by atoms with Gasteiger partial charge in [0.05, 0.1) is 42.6 Å². The molecule has 8 heterocycles. The van der Waals surface area contributed by atoms with Gasteiger partial charge >= 0.3 is 48.4 Å². The maximum atomic E-state index is 12.5. The minimum atomic E-state index is -0.968. The van der Waals surface area contributed by atoms with Crippen molar-refractivity contribution in [2.45, 2.75) is 172 Å². The first-order chi connectivity index (χ1) is 53.4. The molecule has 6 N–H and O–H groups in total. The fraction of sp³-hybridized carbons (Fsp3) is 0.444. The zero-order valence-corrected chi connectivity index (χ0v) is 66.1. The van der Waals surface area contributed by atoms with Crippen molar-refractivity contribution >= 4 is 98.7 Å². The van der Waals surface area contributed by atoms with Gasteiger partial charge in [0.1, 0.15) is 56.2 Å². The molecule has 111 heavy (non-hydrogen) atoms. The maximum Gasteiger partial charge on any atom is 0.411 e. The number of ether oxygens (including phenoxy) is 7. The predicted octanol–water partition coefficient (Wildman–Crippen LogP) is 13.9. The molecule has 596 valence electrons. The van der Waals surface area contributed by atoms with E-state index in [4.69, 9.17) is 56.6 Å². The average Bonchev–Trinajstić information content (AvgIpc) is 1.65. The van der Waals surface area contributed by atoms with Gasteiger partial charge in [-0.25, -0.2) is 48.3 Å². The van der Waals surface area contributed by atoms with Crippen LogP contribution in [0.15, 0.2) is 162 Å². The summed E-state index contributed by atoms with van der Waals surface area (Å²) in [6.07, 6.45) is 7.39. The molecule has 13 rings (SSSR count). The number of Topliss-reactive ketones (excluding diaryl/α,β-unsaturated/α-hetero) is 1. The molecule has 2 aromatic heterocycles. The summed E-state index contributed by atoms with van der Waals surface area (Å²) in [5.41, 5.74) is 15.8. The van der Waals surface area contributed by atoms with Crippen LogP contribution in [0.1, 0.15) is 144 Å². The smallest absolute Gasteiger partial charge is 0.411 e. The second-order valence-corrected chi connectivity index (χ2v) is 30.0. The number of carboxylic acid groups (broad SMARTS) is 1. The largest absolute Gasteiger partial charge is 0.480 e. The van der Waals surface area contributed by atoms with Crippen molar-refractivity contribution in [3.05, 3.63) is 202 Å². The van der Waals surface area contributed by atoms with Gasteiger partial charge in [0.15, 0.2) is 16.0 Å². The first-order valence-corrected chi connectivity index (χ1v) is 39.2. The lowest BCUT2D eigenvalue weighted by Gasteiger charge is -2.33. The summed E-state index contributed by atoms with van der Waals surface area (Å²) in [6, 6.07) is 46.1. The quantitative estimate of drug-likeness (QED) is 0.0374. The Kier molecular flexibility index (Phi) is 32.8. The Hall–Kier alpha value is -10.4. The zero-order valence-electron chi connectivity index (χ0n) is 63.7. The third kappa shape index (κ3) is 24.1. The number of carbonyl (C=O) groups is 9. The molecule has 0 aliphatic carbocycles. The highest BCUT2D eigenvalue weighted by Gasteiger charge is 2.49. The number of carbonyl (C=O) groups excluding carboxylic acids is 8. The molecule has 6 saturated heterocycles. The molecule has 6 atom stereocenters. The molecular formula is C81H101ClN10O17S2. The number of rotatable bonds is 17. The number of anilines is 2. The normalized spacial score (nSPS) is 21.3. The molecule has 0 saturated carbocycles. The SMILES string of the molecule is CC1(C(=O)CCl)CCCN1C(=O)OCc1ccccc1.CC1(c2csc(N)n2)CCCN1.CC1(c2csc(N)n2)CCCN1C(=O)OCc1ccccc1.COC(=O)C1(C)CCCN1C(=O)OCc1ccccc1.COC(=O)[C@@H]1CCCN1C(=O)OCc1ccccc1.O=C(O)[C@@H]1CCCN1C(=O)OCc1ccccc1. The van der Waals surface area contributed by atoms with Crippen LogP contribution in [0.3, 0.4) is 0 Å². The van der Waals surface area contributed by atoms with Gasteiger partial charge in [-0.3, -0.25) is 29.3 Å². The van der Waals surface area contributed by atoms with Crippen LogP contribution in [0.25, 0.3) is 0 Å². The fourth-order valence-electron chi connectivity index (χ4n) is 13.7. The van der Waals surface area contributed by atoms with Gasteiger partial charge in [0.2, 0.25) is 0 Å². The molecule has 6 fully saturated rings. The van der Waals surface area contributed by atoms with Crippen LogP contribution in [-0.2, 0) is 96.4 Å². The molecule has 30 heteroatoms. The van der Waals surface area contributed by atoms with Gasteiger partial charge in [-0.1, -0.05) is 152 Å². The Morgan fingerprint density at radius 3 is 1.22 bits per heavy atom. The second-order valence-electron chi connectivity index (χ2n) is 27.9. The van der Waals surface area contributed by atoms with Crippen LogP contribution >= 0.6 is 34.3 Å². The number of hydrogen-bond donors (Lipinski definition) is 4. The number of alkyl halides is 1. The summed E-state index contributed by atoms with van der Waals surface area (Å²) in [6.45, 7) is 12.6. The Labute approximate surface area is 660 Å². The Bertz CT molecular complexity index is 4060. The topological polar surface area (TPSA) is 345 Å². The summed E-state index contributed by atoms with van der Waals surface area (Å²) < 4.78 is 35.9. The Balaban J connectivity index is 0.000000168.